The molecule has 0 aliphatic carbocycles. The van der Waals surface area contributed by atoms with Crippen LogP contribution in [0.15, 0.2) is 182 Å². The Hall–Kier alpha value is -7.73. The second-order valence-corrected chi connectivity index (χ2v) is 18.1. The molecule has 0 spiro atoms. The molecule has 0 aliphatic heterocycles. The molecule has 0 radical (unpaired) electrons. The van der Waals surface area contributed by atoms with Gasteiger partial charge in [-0.3, -0.25) is 4.57 Å². The van der Waals surface area contributed by atoms with E-state index in [4.69, 9.17) is 9.72 Å². The number of pyridine rings is 1. The summed E-state index contributed by atoms with van der Waals surface area (Å²) in [6.07, 6.45) is 5.53. The zero-order valence-corrected chi connectivity index (χ0v) is 39.5. The monoisotopic (exact) mass is 1050 g/mol. The van der Waals surface area contributed by atoms with Crippen LogP contribution in [0.3, 0.4) is 0 Å². The van der Waals surface area contributed by atoms with Crippen molar-refractivity contribution in [2.75, 3.05) is 0 Å². The van der Waals surface area contributed by atoms with Crippen LogP contribution in [0.1, 0.15) is 26.3 Å². The Bertz CT molecular complexity index is 4080. The van der Waals surface area contributed by atoms with Crippen LogP contribution in [-0.2, 0) is 33.5 Å². The van der Waals surface area contributed by atoms with E-state index >= 15 is 0 Å². The van der Waals surface area contributed by atoms with Crippen molar-refractivity contribution < 1.29 is 30.4 Å². The Balaban J connectivity index is 0.00000468. The van der Waals surface area contributed by atoms with Crippen LogP contribution in [0, 0.1) is 18.5 Å². The van der Waals surface area contributed by atoms with Crippen molar-refractivity contribution >= 4 is 76.5 Å². The topological polar surface area (TPSA) is 45.7 Å². The van der Waals surface area contributed by atoms with Gasteiger partial charge in [0.25, 0.3) is 6.33 Å². The van der Waals surface area contributed by atoms with Crippen molar-refractivity contribution in [3.63, 3.8) is 0 Å². The van der Waals surface area contributed by atoms with Gasteiger partial charge in [-0.15, -0.1) is 24.3 Å². The van der Waals surface area contributed by atoms with Gasteiger partial charge in [-0.05, 0) is 70.6 Å². The number of ether oxygens (including phenoxy) is 1. The van der Waals surface area contributed by atoms with Crippen molar-refractivity contribution in [3.05, 3.63) is 206 Å². The summed E-state index contributed by atoms with van der Waals surface area (Å²) in [5.41, 5.74) is 12.6. The maximum Gasteiger partial charge on any atom is 0.268 e. The number of aromatic nitrogens is 6. The van der Waals surface area contributed by atoms with Gasteiger partial charge in [0.1, 0.15) is 5.82 Å². The summed E-state index contributed by atoms with van der Waals surface area (Å²) >= 11 is 0. The predicted molar refractivity (Wildman–Crippen MR) is 267 cm³/mol. The molecule has 0 saturated carbocycles. The fraction of sp³-hybridized carbons (Fsp3) is 0.0847. The summed E-state index contributed by atoms with van der Waals surface area (Å²) in [7, 11) is 2.20. The third-order valence-corrected chi connectivity index (χ3v) is 13.2. The number of hydrogen-bond acceptors (Lipinski definition) is 2. The SMILES string of the molecule is Cn1c2ccccc2c2c3c4ccccc4n(-c4ccccc4)c3c3c4ccc(Oc5[c-]c(-[n+]6[c-]n(-c7ccccc7)c7ccccc76)ccc5)[c-]c4n(-c4cc(C(C)(C)C)ccn4)c3c21.[Pt]. The Morgan fingerprint density at radius 1 is 0.537 bits per heavy atom. The summed E-state index contributed by atoms with van der Waals surface area (Å²) in [4.78, 5) is 5.17. The van der Waals surface area contributed by atoms with Gasteiger partial charge in [0.05, 0.1) is 38.8 Å². The molecular formula is C59H42N6OPt-2. The van der Waals surface area contributed by atoms with Gasteiger partial charge in [0, 0.05) is 78.6 Å². The number of rotatable bonds is 6. The Morgan fingerprint density at radius 2 is 1.18 bits per heavy atom. The molecule has 0 atom stereocenters. The first-order chi connectivity index (χ1) is 32.3. The predicted octanol–water partition coefficient (Wildman–Crippen LogP) is 13.6. The van der Waals surface area contributed by atoms with Crippen molar-refractivity contribution in [1.29, 1.82) is 0 Å². The molecule has 8 aromatic carbocycles. The smallest absolute Gasteiger partial charge is 0.268 e. The molecule has 0 aliphatic rings. The first-order valence-electron chi connectivity index (χ1n) is 22.4. The van der Waals surface area contributed by atoms with Gasteiger partial charge < -0.3 is 23.0 Å². The molecule has 13 rings (SSSR count). The Kier molecular flexibility index (Phi) is 9.39. The Morgan fingerprint density at radius 3 is 1.94 bits per heavy atom. The number of para-hydroxylation sites is 6. The van der Waals surface area contributed by atoms with Crippen LogP contribution < -0.4 is 9.30 Å². The van der Waals surface area contributed by atoms with E-state index in [1.165, 1.54) is 27.1 Å². The molecule has 7 nitrogen and oxygen atoms in total. The molecule has 13 aromatic rings. The third-order valence-electron chi connectivity index (χ3n) is 13.2. The van der Waals surface area contributed by atoms with Crippen LogP contribution in [0.5, 0.6) is 11.5 Å². The third kappa shape index (κ3) is 6.22. The fourth-order valence-corrected chi connectivity index (χ4v) is 10.2. The quantitative estimate of drug-likeness (QED) is 0.123. The molecule has 0 N–H and O–H groups in total. The van der Waals surface area contributed by atoms with Crippen LogP contribution >= 0.6 is 0 Å². The zero-order chi connectivity index (χ0) is 44.3. The van der Waals surface area contributed by atoms with Crippen molar-refractivity contribution in [2.45, 2.75) is 26.2 Å². The van der Waals surface area contributed by atoms with Crippen molar-refractivity contribution in [3.8, 4) is 34.4 Å². The first-order valence-corrected chi connectivity index (χ1v) is 22.4. The maximum absolute atomic E-state index is 6.82. The number of benzene rings is 8. The largest absolute Gasteiger partial charge is 0.510 e. The minimum Gasteiger partial charge on any atom is -0.510 e. The van der Waals surface area contributed by atoms with Crippen LogP contribution in [0.2, 0.25) is 0 Å². The maximum atomic E-state index is 6.82. The summed E-state index contributed by atoms with van der Waals surface area (Å²) in [6.45, 7) is 6.75. The normalized spacial score (nSPS) is 12.1. The van der Waals surface area contributed by atoms with Gasteiger partial charge in [-0.1, -0.05) is 129 Å². The standard InChI is InChI=1S/C59H42N6O.Pt/c1-59(2,3)38-32-33-60-52(34-38)65-51-36-43(66-42-23-17-22-41(35-42)63-37-62(39-18-7-5-8-19-39)49-28-15-16-29-50(49)63)30-31-46(51)55-56-53(54-44-24-11-13-26-47(44)61(4)57(54)58(55)65)45-25-12-14-27-48(45)64(56)40-20-9-6-10-21-40;/h5-34H,1-4H3;/q-2;. The van der Waals surface area contributed by atoms with Crippen molar-refractivity contribution in [1.82, 2.24) is 23.3 Å². The van der Waals surface area contributed by atoms with Crippen LogP contribution in [-0.4, -0.2) is 23.3 Å². The first kappa shape index (κ1) is 40.8. The molecule has 5 heterocycles. The molecule has 326 valence electrons. The van der Waals surface area contributed by atoms with Gasteiger partial charge in [-0.2, -0.15) is 18.2 Å². The van der Waals surface area contributed by atoms with E-state index in [2.05, 4.69) is 198 Å². The van der Waals surface area contributed by atoms with Gasteiger partial charge in [0.15, 0.2) is 0 Å². The van der Waals surface area contributed by atoms with Gasteiger partial charge >= 0.3 is 0 Å². The number of aryl methyl sites for hydroxylation is 1. The van der Waals surface area contributed by atoms with Gasteiger partial charge in [-0.25, -0.2) is 4.98 Å². The van der Waals surface area contributed by atoms with E-state index in [9.17, 15) is 0 Å². The number of fused-ring (bicyclic) bond motifs is 13. The molecule has 0 amide bonds. The second kappa shape index (κ2) is 15.4. The number of hydrogen-bond donors (Lipinski definition) is 0. The molecular weight excluding hydrogens is 1000 g/mol. The van der Waals surface area contributed by atoms with E-state index in [-0.39, 0.29) is 26.5 Å². The van der Waals surface area contributed by atoms with E-state index in [0.717, 1.165) is 77.8 Å². The Labute approximate surface area is 401 Å². The number of nitrogens with zero attached hydrogens (tertiary/aromatic N) is 6. The minimum absolute atomic E-state index is 0. The molecule has 0 unspecified atom stereocenters. The average molecular weight is 1050 g/mol. The molecule has 67 heavy (non-hydrogen) atoms. The fourth-order valence-electron chi connectivity index (χ4n) is 10.2. The second-order valence-electron chi connectivity index (χ2n) is 18.1. The minimum atomic E-state index is -0.111. The molecule has 0 fully saturated rings. The summed E-state index contributed by atoms with van der Waals surface area (Å²) in [5, 5.41) is 7.02. The van der Waals surface area contributed by atoms with Crippen LogP contribution in [0.4, 0.5) is 0 Å². The van der Waals surface area contributed by atoms with Crippen molar-refractivity contribution in [2.24, 2.45) is 7.05 Å². The van der Waals surface area contributed by atoms with E-state index < -0.39 is 0 Å². The summed E-state index contributed by atoms with van der Waals surface area (Å²) in [5.74, 6) is 1.96. The summed E-state index contributed by atoms with van der Waals surface area (Å²) in [6, 6.07) is 69.0. The average Bonchev–Trinajstić information content (AvgIpc) is 4.09. The van der Waals surface area contributed by atoms with Crippen LogP contribution in [0.25, 0.3) is 99.3 Å². The molecule has 0 saturated heterocycles. The zero-order valence-electron chi connectivity index (χ0n) is 37.2. The van der Waals surface area contributed by atoms with E-state index in [1.54, 1.807) is 0 Å². The molecule has 8 heteroatoms. The summed E-state index contributed by atoms with van der Waals surface area (Å²) < 4.78 is 18.1. The van der Waals surface area contributed by atoms with E-state index in [0.29, 0.717) is 11.5 Å². The van der Waals surface area contributed by atoms with E-state index in [1.807, 2.05) is 53.2 Å². The molecule has 5 aromatic heterocycles. The van der Waals surface area contributed by atoms with Gasteiger partial charge in [0.2, 0.25) is 0 Å². The number of imidazole rings is 1. The molecule has 0 bridgehead atoms.